The van der Waals surface area contributed by atoms with Crippen molar-refractivity contribution in [1.29, 1.82) is 0 Å². The first-order chi connectivity index (χ1) is 9.97. The van der Waals surface area contributed by atoms with E-state index < -0.39 is 0 Å². The van der Waals surface area contributed by atoms with Gasteiger partial charge in [0.15, 0.2) is 0 Å². The molecular formula is C17H23Cl2NO. The predicted molar refractivity (Wildman–Crippen MR) is 88.5 cm³/mol. The number of rotatable bonds is 2. The number of hydrogen-bond acceptors (Lipinski definition) is 2. The van der Waals surface area contributed by atoms with Gasteiger partial charge in [0.2, 0.25) is 0 Å². The Bertz CT molecular complexity index is 530. The molecule has 21 heavy (non-hydrogen) atoms. The molecule has 0 amide bonds. The first kappa shape index (κ1) is 15.5. The van der Waals surface area contributed by atoms with Crippen LogP contribution in [0.15, 0.2) is 12.1 Å². The van der Waals surface area contributed by atoms with E-state index in [2.05, 4.69) is 19.2 Å². The molecule has 2 unspecified atom stereocenters. The predicted octanol–water partition coefficient (Wildman–Crippen LogP) is 5.38. The average molecular weight is 328 g/mol. The van der Waals surface area contributed by atoms with E-state index in [1.807, 2.05) is 6.07 Å². The van der Waals surface area contributed by atoms with E-state index in [4.69, 9.17) is 27.9 Å². The second-order valence-corrected chi connectivity index (χ2v) is 7.79. The topological polar surface area (TPSA) is 21.3 Å². The van der Waals surface area contributed by atoms with Crippen LogP contribution in [0.1, 0.15) is 57.6 Å². The van der Waals surface area contributed by atoms with Gasteiger partial charge in [-0.3, -0.25) is 0 Å². The zero-order valence-corrected chi connectivity index (χ0v) is 14.2. The van der Waals surface area contributed by atoms with Gasteiger partial charge in [0.05, 0.1) is 11.6 Å². The minimum atomic E-state index is 0.285. The Labute approximate surface area is 137 Å². The van der Waals surface area contributed by atoms with E-state index in [0.29, 0.717) is 28.1 Å². The van der Waals surface area contributed by atoms with Gasteiger partial charge in [-0.05, 0) is 30.4 Å². The van der Waals surface area contributed by atoms with Crippen molar-refractivity contribution in [3.63, 3.8) is 0 Å². The second kappa shape index (κ2) is 5.98. The zero-order chi connectivity index (χ0) is 15.0. The van der Waals surface area contributed by atoms with Crippen molar-refractivity contribution >= 4 is 23.2 Å². The lowest BCUT2D eigenvalue weighted by molar-refractivity contribution is 0.141. The third-order valence-electron chi connectivity index (χ3n) is 4.98. The van der Waals surface area contributed by atoms with Gasteiger partial charge < -0.3 is 10.1 Å². The highest BCUT2D eigenvalue weighted by Gasteiger charge is 2.35. The van der Waals surface area contributed by atoms with E-state index >= 15 is 0 Å². The SMILES string of the molecule is CC1(C)CCCCC1NC1CCOc2c(Cl)cc(Cl)cc21. The molecule has 0 radical (unpaired) electrons. The Balaban J connectivity index is 1.85. The third kappa shape index (κ3) is 3.18. The fourth-order valence-electron chi connectivity index (χ4n) is 3.64. The molecule has 4 heteroatoms. The standard InChI is InChI=1S/C17H23Cl2NO/c1-17(2)7-4-3-5-15(17)20-14-6-8-21-16-12(14)9-11(18)10-13(16)19/h9-10,14-15,20H,3-8H2,1-2H3. The van der Waals surface area contributed by atoms with Crippen molar-refractivity contribution in [2.45, 2.75) is 58.0 Å². The maximum atomic E-state index is 6.27. The molecule has 0 bridgehead atoms. The van der Waals surface area contributed by atoms with Crippen LogP contribution >= 0.6 is 23.2 Å². The summed E-state index contributed by atoms with van der Waals surface area (Å²) in [6.07, 6.45) is 6.15. The zero-order valence-electron chi connectivity index (χ0n) is 12.7. The molecule has 1 fully saturated rings. The lowest BCUT2D eigenvalue weighted by Gasteiger charge is -2.42. The Kier molecular flexibility index (Phi) is 4.40. The van der Waals surface area contributed by atoms with Crippen molar-refractivity contribution in [2.75, 3.05) is 6.61 Å². The molecule has 116 valence electrons. The largest absolute Gasteiger partial charge is 0.492 e. The van der Waals surface area contributed by atoms with Gasteiger partial charge in [-0.25, -0.2) is 0 Å². The minimum Gasteiger partial charge on any atom is -0.492 e. The van der Waals surface area contributed by atoms with Gasteiger partial charge in [0.25, 0.3) is 0 Å². The Morgan fingerprint density at radius 3 is 2.76 bits per heavy atom. The number of halogens is 2. The maximum Gasteiger partial charge on any atom is 0.142 e. The Morgan fingerprint density at radius 2 is 2.00 bits per heavy atom. The summed E-state index contributed by atoms with van der Waals surface area (Å²) in [5, 5.41) is 5.16. The van der Waals surface area contributed by atoms with Crippen LogP contribution < -0.4 is 10.1 Å². The number of fused-ring (bicyclic) bond motifs is 1. The van der Waals surface area contributed by atoms with Crippen LogP contribution in [-0.2, 0) is 0 Å². The highest BCUT2D eigenvalue weighted by Crippen LogP contribution is 2.42. The van der Waals surface area contributed by atoms with Gasteiger partial charge >= 0.3 is 0 Å². The summed E-state index contributed by atoms with van der Waals surface area (Å²) < 4.78 is 5.75. The summed E-state index contributed by atoms with van der Waals surface area (Å²) in [7, 11) is 0. The molecule has 0 spiro atoms. The van der Waals surface area contributed by atoms with E-state index in [9.17, 15) is 0 Å². The Hall–Kier alpha value is -0.440. The molecule has 1 N–H and O–H groups in total. The van der Waals surface area contributed by atoms with Gasteiger partial charge in [-0.1, -0.05) is 49.9 Å². The summed E-state index contributed by atoms with van der Waals surface area (Å²) >= 11 is 12.5. The monoisotopic (exact) mass is 327 g/mol. The van der Waals surface area contributed by atoms with Crippen molar-refractivity contribution < 1.29 is 4.74 Å². The van der Waals surface area contributed by atoms with Crippen molar-refractivity contribution in [2.24, 2.45) is 5.41 Å². The molecule has 1 saturated carbocycles. The summed E-state index contributed by atoms with van der Waals surface area (Å²) in [6.45, 7) is 5.45. The first-order valence-corrected chi connectivity index (χ1v) is 8.61. The molecule has 2 aliphatic rings. The molecule has 2 atom stereocenters. The highest BCUT2D eigenvalue weighted by atomic mass is 35.5. The normalized spacial score (nSPS) is 27.8. The van der Waals surface area contributed by atoms with E-state index in [-0.39, 0.29) is 6.04 Å². The summed E-state index contributed by atoms with van der Waals surface area (Å²) in [4.78, 5) is 0. The molecule has 3 rings (SSSR count). The van der Waals surface area contributed by atoms with Crippen LogP contribution in [0, 0.1) is 5.41 Å². The number of nitrogens with one attached hydrogen (secondary N) is 1. The highest BCUT2D eigenvalue weighted by molar-refractivity contribution is 6.35. The van der Waals surface area contributed by atoms with Crippen molar-refractivity contribution in [1.82, 2.24) is 5.32 Å². The van der Waals surface area contributed by atoms with Crippen LogP contribution in [0.5, 0.6) is 5.75 Å². The molecule has 1 aliphatic carbocycles. The molecule has 1 heterocycles. The van der Waals surface area contributed by atoms with E-state index in [1.165, 1.54) is 25.7 Å². The minimum absolute atomic E-state index is 0.285. The molecule has 1 aromatic carbocycles. The van der Waals surface area contributed by atoms with Crippen LogP contribution in [0.4, 0.5) is 0 Å². The third-order valence-corrected chi connectivity index (χ3v) is 5.47. The molecule has 0 saturated heterocycles. The quantitative estimate of drug-likeness (QED) is 0.787. The fourth-order valence-corrected chi connectivity index (χ4v) is 4.21. The van der Waals surface area contributed by atoms with Crippen molar-refractivity contribution in [3.8, 4) is 5.75 Å². The second-order valence-electron chi connectivity index (χ2n) is 6.95. The molecule has 0 aromatic heterocycles. The molecule has 1 aliphatic heterocycles. The van der Waals surface area contributed by atoms with Gasteiger partial charge in [-0.15, -0.1) is 0 Å². The average Bonchev–Trinajstić information content (AvgIpc) is 2.41. The Morgan fingerprint density at radius 1 is 1.19 bits per heavy atom. The van der Waals surface area contributed by atoms with E-state index in [0.717, 1.165) is 17.7 Å². The van der Waals surface area contributed by atoms with Crippen molar-refractivity contribution in [3.05, 3.63) is 27.7 Å². The summed E-state index contributed by atoms with van der Waals surface area (Å²) in [5.74, 6) is 0.804. The van der Waals surface area contributed by atoms with Gasteiger partial charge in [0.1, 0.15) is 5.75 Å². The van der Waals surface area contributed by atoms with Crippen LogP contribution in [0.25, 0.3) is 0 Å². The molecular weight excluding hydrogens is 305 g/mol. The summed E-state index contributed by atoms with van der Waals surface area (Å²) in [6, 6.07) is 4.58. The van der Waals surface area contributed by atoms with Crippen LogP contribution in [0.2, 0.25) is 10.0 Å². The number of benzene rings is 1. The van der Waals surface area contributed by atoms with Crippen LogP contribution in [-0.4, -0.2) is 12.6 Å². The number of hydrogen-bond donors (Lipinski definition) is 1. The first-order valence-electron chi connectivity index (χ1n) is 7.85. The smallest absolute Gasteiger partial charge is 0.142 e. The fraction of sp³-hybridized carbons (Fsp3) is 0.647. The molecule has 1 aromatic rings. The summed E-state index contributed by atoms with van der Waals surface area (Å²) in [5.41, 5.74) is 1.46. The molecule has 2 nitrogen and oxygen atoms in total. The van der Waals surface area contributed by atoms with E-state index in [1.54, 1.807) is 6.07 Å². The van der Waals surface area contributed by atoms with Gasteiger partial charge in [0, 0.05) is 29.1 Å². The van der Waals surface area contributed by atoms with Gasteiger partial charge in [-0.2, -0.15) is 0 Å². The number of ether oxygens (including phenoxy) is 1. The maximum absolute atomic E-state index is 6.27. The van der Waals surface area contributed by atoms with Crippen LogP contribution in [0.3, 0.4) is 0 Å². The lowest BCUT2D eigenvalue weighted by Crippen LogP contribution is -2.46. The lowest BCUT2D eigenvalue weighted by atomic mass is 9.73.